The molecule has 6 nitrogen and oxygen atoms in total. The smallest absolute Gasteiger partial charge is 0.216 e. The minimum Gasteiger partial charge on any atom is -0.497 e. The Kier molecular flexibility index (Phi) is 4.90. The van der Waals surface area contributed by atoms with Gasteiger partial charge in [0.25, 0.3) is 0 Å². The largest absolute Gasteiger partial charge is 0.497 e. The molecule has 0 spiro atoms. The van der Waals surface area contributed by atoms with Gasteiger partial charge in [-0.1, -0.05) is 12.1 Å². The van der Waals surface area contributed by atoms with Crippen LogP contribution in [0.2, 0.25) is 0 Å². The van der Waals surface area contributed by atoms with Crippen LogP contribution in [0.3, 0.4) is 0 Å². The van der Waals surface area contributed by atoms with Crippen molar-refractivity contribution in [1.82, 2.24) is 14.9 Å². The first-order valence-electron chi connectivity index (χ1n) is 7.31. The summed E-state index contributed by atoms with van der Waals surface area (Å²) in [6.45, 7) is 0. The van der Waals surface area contributed by atoms with Gasteiger partial charge in [0.15, 0.2) is 5.82 Å². The van der Waals surface area contributed by atoms with Gasteiger partial charge in [0, 0.05) is 17.2 Å². The fourth-order valence-electron chi connectivity index (χ4n) is 2.24. The summed E-state index contributed by atoms with van der Waals surface area (Å²) in [4.78, 5) is 0. The maximum absolute atomic E-state index is 13.5. The molecule has 0 aliphatic carbocycles. The summed E-state index contributed by atoms with van der Waals surface area (Å²) in [6, 6.07) is 11.4. The second kappa shape index (κ2) is 7.27. The predicted octanol–water partition coefficient (Wildman–Crippen LogP) is 3.65. The molecule has 0 radical (unpaired) electrons. The van der Waals surface area contributed by atoms with E-state index in [-0.39, 0.29) is 5.82 Å². The highest BCUT2D eigenvalue weighted by Gasteiger charge is 2.09. The Hall–Kier alpha value is -3.00. The Morgan fingerprint density at radius 1 is 1.16 bits per heavy atom. The number of ether oxygens (including phenoxy) is 2. The molecule has 1 heterocycles. The Labute approximate surface area is 148 Å². The minimum absolute atomic E-state index is 0.297. The van der Waals surface area contributed by atoms with Crippen LogP contribution in [0.5, 0.6) is 11.5 Å². The molecule has 3 rings (SSSR count). The number of hydrogen-bond acceptors (Lipinski definition) is 5. The second-order valence-electron chi connectivity index (χ2n) is 5.07. The lowest BCUT2D eigenvalue weighted by Gasteiger charge is -2.06. The van der Waals surface area contributed by atoms with E-state index in [0.29, 0.717) is 27.7 Å². The number of nitrogens with one attached hydrogen (secondary N) is 1. The number of benzene rings is 2. The molecule has 25 heavy (non-hydrogen) atoms. The number of H-pyrrole nitrogens is 1. The standard InChI is InChI=1S/C17H15FN4O2S/c1-23-14-6-11(7-15(9-14)24-2)10-19-22-16(20-21-17(22)25)12-4-3-5-13(18)8-12/h3-10H,1-2H3,(H,21,25)/b19-10-. The van der Waals surface area contributed by atoms with Gasteiger partial charge >= 0.3 is 0 Å². The molecule has 0 aliphatic heterocycles. The van der Waals surface area contributed by atoms with E-state index in [2.05, 4.69) is 15.3 Å². The van der Waals surface area contributed by atoms with Crippen molar-refractivity contribution in [2.24, 2.45) is 5.10 Å². The third-order valence-corrected chi connectivity index (χ3v) is 3.69. The van der Waals surface area contributed by atoms with Crippen molar-refractivity contribution in [3.05, 3.63) is 58.6 Å². The van der Waals surface area contributed by atoms with E-state index in [0.717, 1.165) is 5.56 Å². The lowest BCUT2D eigenvalue weighted by molar-refractivity contribution is 0.394. The van der Waals surface area contributed by atoms with Crippen LogP contribution >= 0.6 is 12.2 Å². The number of hydrogen-bond donors (Lipinski definition) is 1. The fourth-order valence-corrected chi connectivity index (χ4v) is 2.42. The van der Waals surface area contributed by atoms with Gasteiger partial charge in [-0.3, -0.25) is 0 Å². The van der Waals surface area contributed by atoms with Crippen LogP contribution in [-0.2, 0) is 0 Å². The van der Waals surface area contributed by atoms with Gasteiger partial charge in [-0.2, -0.15) is 14.9 Å². The molecule has 8 heteroatoms. The monoisotopic (exact) mass is 358 g/mol. The van der Waals surface area contributed by atoms with E-state index < -0.39 is 0 Å². The van der Waals surface area contributed by atoms with Gasteiger partial charge in [-0.15, -0.1) is 0 Å². The maximum Gasteiger partial charge on any atom is 0.216 e. The van der Waals surface area contributed by atoms with Crippen molar-refractivity contribution in [2.45, 2.75) is 0 Å². The molecule has 0 unspecified atom stereocenters. The molecule has 3 aromatic rings. The lowest BCUT2D eigenvalue weighted by atomic mass is 10.2. The second-order valence-corrected chi connectivity index (χ2v) is 5.45. The number of aromatic amines is 1. The average Bonchev–Trinajstić information content (AvgIpc) is 3.00. The summed E-state index contributed by atoms with van der Waals surface area (Å²) in [7, 11) is 3.15. The van der Waals surface area contributed by atoms with Crippen molar-refractivity contribution in [2.75, 3.05) is 14.2 Å². The van der Waals surface area contributed by atoms with Crippen molar-refractivity contribution in [3.63, 3.8) is 0 Å². The van der Waals surface area contributed by atoms with Crippen molar-refractivity contribution in [3.8, 4) is 22.9 Å². The Bertz CT molecular complexity index is 959. The van der Waals surface area contributed by atoms with E-state index in [1.807, 2.05) is 0 Å². The normalized spacial score (nSPS) is 11.0. The average molecular weight is 358 g/mol. The number of rotatable bonds is 5. The number of aromatic nitrogens is 3. The predicted molar refractivity (Wildman–Crippen MR) is 95.3 cm³/mol. The molecular formula is C17H15FN4O2S. The van der Waals surface area contributed by atoms with Gasteiger partial charge in [-0.25, -0.2) is 9.49 Å². The zero-order valence-corrected chi connectivity index (χ0v) is 14.4. The summed E-state index contributed by atoms with van der Waals surface area (Å²) in [5.74, 6) is 1.33. The van der Waals surface area contributed by atoms with Crippen LogP contribution in [0.25, 0.3) is 11.4 Å². The molecule has 0 saturated carbocycles. The molecular weight excluding hydrogens is 343 g/mol. The van der Waals surface area contributed by atoms with E-state index >= 15 is 0 Å². The molecule has 0 aliphatic rings. The lowest BCUT2D eigenvalue weighted by Crippen LogP contribution is -1.96. The zero-order chi connectivity index (χ0) is 17.8. The molecule has 1 aromatic heterocycles. The fraction of sp³-hybridized carbons (Fsp3) is 0.118. The maximum atomic E-state index is 13.5. The molecule has 0 amide bonds. The van der Waals surface area contributed by atoms with Crippen LogP contribution in [0, 0.1) is 10.6 Å². The van der Waals surface area contributed by atoms with E-state index in [4.69, 9.17) is 21.7 Å². The van der Waals surface area contributed by atoms with Crippen molar-refractivity contribution < 1.29 is 13.9 Å². The summed E-state index contributed by atoms with van der Waals surface area (Å²) in [5.41, 5.74) is 1.32. The van der Waals surface area contributed by atoms with E-state index in [1.165, 1.54) is 16.8 Å². The van der Waals surface area contributed by atoms with Gasteiger partial charge < -0.3 is 9.47 Å². The van der Waals surface area contributed by atoms with Crippen LogP contribution in [0.1, 0.15) is 5.56 Å². The van der Waals surface area contributed by atoms with Crippen LogP contribution in [0.4, 0.5) is 4.39 Å². The third-order valence-electron chi connectivity index (χ3n) is 3.43. The SMILES string of the molecule is COc1cc(/C=N\n2c(-c3cccc(F)c3)n[nH]c2=S)cc(OC)c1. The van der Waals surface area contributed by atoms with Gasteiger partial charge in [0.05, 0.1) is 20.4 Å². The highest BCUT2D eigenvalue weighted by Crippen LogP contribution is 2.22. The number of methoxy groups -OCH3 is 2. The van der Waals surface area contributed by atoms with Crippen molar-refractivity contribution in [1.29, 1.82) is 0 Å². The van der Waals surface area contributed by atoms with Crippen LogP contribution < -0.4 is 9.47 Å². The first-order chi connectivity index (χ1) is 12.1. The molecule has 0 atom stereocenters. The molecule has 1 N–H and O–H groups in total. The molecule has 128 valence electrons. The van der Waals surface area contributed by atoms with Gasteiger partial charge in [0.2, 0.25) is 4.77 Å². The summed E-state index contributed by atoms with van der Waals surface area (Å²) in [5, 5.41) is 11.1. The first kappa shape index (κ1) is 16.8. The third kappa shape index (κ3) is 3.74. The molecule has 0 bridgehead atoms. The van der Waals surface area contributed by atoms with Crippen LogP contribution in [0.15, 0.2) is 47.6 Å². The first-order valence-corrected chi connectivity index (χ1v) is 7.72. The Morgan fingerprint density at radius 3 is 2.52 bits per heavy atom. The minimum atomic E-state index is -0.362. The van der Waals surface area contributed by atoms with Crippen molar-refractivity contribution >= 4 is 18.4 Å². The zero-order valence-electron chi connectivity index (χ0n) is 13.6. The summed E-state index contributed by atoms with van der Waals surface area (Å²) >= 11 is 5.21. The van der Waals surface area contributed by atoms with E-state index in [1.54, 1.807) is 50.8 Å². The molecule has 2 aromatic carbocycles. The Morgan fingerprint density at radius 2 is 1.88 bits per heavy atom. The number of halogens is 1. The summed E-state index contributed by atoms with van der Waals surface area (Å²) in [6.07, 6.45) is 1.60. The highest BCUT2D eigenvalue weighted by molar-refractivity contribution is 7.71. The van der Waals surface area contributed by atoms with Crippen LogP contribution in [-0.4, -0.2) is 35.3 Å². The quantitative estimate of drug-likeness (QED) is 0.559. The van der Waals surface area contributed by atoms with Gasteiger partial charge in [0.1, 0.15) is 17.3 Å². The van der Waals surface area contributed by atoms with Gasteiger partial charge in [-0.05, 0) is 36.5 Å². The topological polar surface area (TPSA) is 64.4 Å². The van der Waals surface area contributed by atoms with E-state index in [9.17, 15) is 4.39 Å². The summed E-state index contributed by atoms with van der Waals surface area (Å²) < 4.78 is 25.7. The molecule has 0 saturated heterocycles. The number of nitrogens with zero attached hydrogens (tertiary/aromatic N) is 3. The Balaban J connectivity index is 2.00. The molecule has 0 fully saturated rings. The highest BCUT2D eigenvalue weighted by atomic mass is 32.1.